The molecule has 1 rings (SSSR count). The fourth-order valence-corrected chi connectivity index (χ4v) is 1.97. The highest BCUT2D eigenvalue weighted by Crippen LogP contribution is 2.07. The quantitative estimate of drug-likeness (QED) is 0.616. The second-order valence-electron chi connectivity index (χ2n) is 3.95. The van der Waals surface area contributed by atoms with Gasteiger partial charge in [-0.25, -0.2) is 4.79 Å². The second-order valence-corrected chi connectivity index (χ2v) is 4.94. The van der Waals surface area contributed by atoms with Gasteiger partial charge in [-0.2, -0.15) is 11.8 Å². The molecular formula is C13H19ClN2O3S. The monoisotopic (exact) mass is 318 g/mol. The number of nitrogens with one attached hydrogen (secondary N) is 1. The van der Waals surface area contributed by atoms with Gasteiger partial charge < -0.3 is 15.8 Å². The molecule has 0 aromatic heterocycles. The summed E-state index contributed by atoms with van der Waals surface area (Å²) in [5.74, 6) is 0.0243. The molecule has 0 aliphatic heterocycles. The second kappa shape index (κ2) is 9.50. The molecule has 0 bridgehead atoms. The molecule has 0 aliphatic rings. The van der Waals surface area contributed by atoms with E-state index in [4.69, 9.17) is 5.73 Å². The van der Waals surface area contributed by atoms with Crippen molar-refractivity contribution in [2.45, 2.75) is 12.5 Å². The van der Waals surface area contributed by atoms with E-state index in [1.807, 2.05) is 6.26 Å². The summed E-state index contributed by atoms with van der Waals surface area (Å²) in [6, 6.07) is 5.90. The zero-order valence-electron chi connectivity index (χ0n) is 11.4. The number of carbonyl (C=O) groups is 2. The lowest BCUT2D eigenvalue weighted by atomic mass is 10.1. The average Bonchev–Trinajstić information content (AvgIpc) is 2.43. The van der Waals surface area contributed by atoms with Crippen molar-refractivity contribution in [3.63, 3.8) is 0 Å². The predicted octanol–water partition coefficient (Wildman–Crippen LogP) is 1.72. The van der Waals surface area contributed by atoms with Crippen LogP contribution < -0.4 is 11.1 Å². The summed E-state index contributed by atoms with van der Waals surface area (Å²) in [5, 5.41) is 2.67. The first kappa shape index (κ1) is 18.6. The lowest BCUT2D eigenvalue weighted by Crippen LogP contribution is -2.41. The topological polar surface area (TPSA) is 81.4 Å². The van der Waals surface area contributed by atoms with Crippen LogP contribution in [0.25, 0.3) is 0 Å². The molecule has 0 radical (unpaired) electrons. The summed E-state index contributed by atoms with van der Waals surface area (Å²) in [5.41, 5.74) is 6.61. The first-order valence-electron chi connectivity index (χ1n) is 5.81. The zero-order chi connectivity index (χ0) is 14.3. The maximum Gasteiger partial charge on any atom is 0.328 e. The number of ether oxygens (including phenoxy) is 1. The summed E-state index contributed by atoms with van der Waals surface area (Å²) in [4.78, 5) is 23.6. The van der Waals surface area contributed by atoms with Crippen molar-refractivity contribution < 1.29 is 14.3 Å². The third-order valence-electron chi connectivity index (χ3n) is 2.57. The van der Waals surface area contributed by atoms with Crippen molar-refractivity contribution in [3.05, 3.63) is 29.8 Å². The molecule has 1 amide bonds. The number of amides is 1. The van der Waals surface area contributed by atoms with E-state index in [-0.39, 0.29) is 18.3 Å². The molecule has 0 aliphatic carbocycles. The molecule has 0 spiro atoms. The Kier molecular flexibility index (Phi) is 8.83. The van der Waals surface area contributed by atoms with Gasteiger partial charge in [-0.3, -0.25) is 4.79 Å². The Morgan fingerprint density at radius 3 is 2.45 bits per heavy atom. The Hall–Kier alpha value is -1.40. The van der Waals surface area contributed by atoms with Gasteiger partial charge in [-0.05, 0) is 42.7 Å². The summed E-state index contributed by atoms with van der Waals surface area (Å²) in [7, 11) is 1.31. The fourth-order valence-electron chi connectivity index (χ4n) is 1.50. The van der Waals surface area contributed by atoms with Crippen molar-refractivity contribution >= 4 is 41.7 Å². The van der Waals surface area contributed by atoms with Crippen molar-refractivity contribution in [2.24, 2.45) is 0 Å². The van der Waals surface area contributed by atoms with Crippen molar-refractivity contribution in [3.8, 4) is 0 Å². The molecular weight excluding hydrogens is 300 g/mol. The van der Waals surface area contributed by atoms with Crippen LogP contribution in [0.1, 0.15) is 16.8 Å². The zero-order valence-corrected chi connectivity index (χ0v) is 13.1. The largest absolute Gasteiger partial charge is 0.467 e. The van der Waals surface area contributed by atoms with Crippen LogP contribution in [-0.4, -0.2) is 37.0 Å². The number of thioether (sulfide) groups is 1. The lowest BCUT2D eigenvalue weighted by Gasteiger charge is -2.16. The van der Waals surface area contributed by atoms with Gasteiger partial charge in [0.15, 0.2) is 0 Å². The number of nitrogens with two attached hydrogens (primary N) is 1. The lowest BCUT2D eigenvalue weighted by molar-refractivity contribution is -0.142. The molecule has 1 aromatic rings. The Morgan fingerprint density at radius 2 is 1.95 bits per heavy atom. The maximum absolute atomic E-state index is 12.0. The molecule has 20 heavy (non-hydrogen) atoms. The highest BCUT2D eigenvalue weighted by atomic mass is 35.5. The molecule has 7 heteroatoms. The van der Waals surface area contributed by atoms with Crippen molar-refractivity contribution in [1.82, 2.24) is 5.32 Å². The smallest absolute Gasteiger partial charge is 0.328 e. The molecule has 5 nitrogen and oxygen atoms in total. The molecule has 0 saturated heterocycles. The van der Waals surface area contributed by atoms with E-state index in [2.05, 4.69) is 10.1 Å². The Labute approximate surface area is 129 Å². The van der Waals surface area contributed by atoms with E-state index in [9.17, 15) is 9.59 Å². The van der Waals surface area contributed by atoms with Gasteiger partial charge in [0.05, 0.1) is 7.11 Å². The summed E-state index contributed by atoms with van der Waals surface area (Å²) >= 11 is 1.61. The number of anilines is 1. The van der Waals surface area contributed by atoms with Gasteiger partial charge >= 0.3 is 5.97 Å². The number of methoxy groups -OCH3 is 1. The van der Waals surface area contributed by atoms with Crippen LogP contribution in [0.5, 0.6) is 0 Å². The van der Waals surface area contributed by atoms with E-state index in [0.29, 0.717) is 17.7 Å². The van der Waals surface area contributed by atoms with Crippen molar-refractivity contribution in [2.75, 3.05) is 24.9 Å². The molecule has 0 unspecified atom stereocenters. The number of hydrogen-bond acceptors (Lipinski definition) is 5. The third-order valence-corrected chi connectivity index (χ3v) is 3.22. The van der Waals surface area contributed by atoms with Gasteiger partial charge in [0.2, 0.25) is 0 Å². The number of nitrogen functional groups attached to an aromatic ring is 1. The Morgan fingerprint density at radius 1 is 1.35 bits per heavy atom. The first-order chi connectivity index (χ1) is 9.08. The summed E-state index contributed by atoms with van der Waals surface area (Å²) in [6.07, 6.45) is 2.48. The average molecular weight is 319 g/mol. The maximum atomic E-state index is 12.0. The molecule has 112 valence electrons. The molecule has 1 atom stereocenters. The highest BCUT2D eigenvalue weighted by Gasteiger charge is 2.21. The third kappa shape index (κ3) is 5.71. The van der Waals surface area contributed by atoms with Crippen LogP contribution in [0.15, 0.2) is 24.3 Å². The van der Waals surface area contributed by atoms with Crippen LogP contribution >= 0.6 is 24.2 Å². The minimum Gasteiger partial charge on any atom is -0.467 e. The molecule has 0 saturated carbocycles. The fraction of sp³-hybridized carbons (Fsp3) is 0.385. The van der Waals surface area contributed by atoms with E-state index < -0.39 is 12.0 Å². The van der Waals surface area contributed by atoms with E-state index in [1.165, 1.54) is 7.11 Å². The number of halogens is 1. The minimum atomic E-state index is -0.623. The van der Waals surface area contributed by atoms with Crippen molar-refractivity contribution in [1.29, 1.82) is 0 Å². The first-order valence-corrected chi connectivity index (χ1v) is 7.21. The molecule has 1 aromatic carbocycles. The Balaban J connectivity index is 0.00000361. The number of benzene rings is 1. The van der Waals surface area contributed by atoms with Gasteiger partial charge in [-0.15, -0.1) is 12.4 Å². The van der Waals surface area contributed by atoms with Gasteiger partial charge in [0.25, 0.3) is 5.91 Å². The number of esters is 1. The van der Waals surface area contributed by atoms with Crippen LogP contribution in [0.3, 0.4) is 0 Å². The van der Waals surface area contributed by atoms with E-state index >= 15 is 0 Å². The minimum absolute atomic E-state index is 0. The Bertz CT molecular complexity index is 440. The van der Waals surface area contributed by atoms with E-state index in [1.54, 1.807) is 36.0 Å². The normalized spacial score (nSPS) is 11.1. The predicted molar refractivity (Wildman–Crippen MR) is 84.4 cm³/mol. The highest BCUT2D eigenvalue weighted by molar-refractivity contribution is 7.98. The van der Waals surface area contributed by atoms with Crippen LogP contribution in [0, 0.1) is 0 Å². The number of hydrogen-bond donors (Lipinski definition) is 2. The standard InChI is InChI=1S/C13H18N2O3S.ClH/c1-18-13(17)11(7-8-19-2)15-12(16)9-3-5-10(14)6-4-9;/h3-6,11H,7-8,14H2,1-2H3,(H,15,16);1H/t11-;/m0./s1. The summed E-state index contributed by atoms with van der Waals surface area (Å²) in [6.45, 7) is 0. The van der Waals surface area contributed by atoms with Crippen LogP contribution in [-0.2, 0) is 9.53 Å². The van der Waals surface area contributed by atoms with Gasteiger partial charge in [0, 0.05) is 11.3 Å². The van der Waals surface area contributed by atoms with E-state index in [0.717, 1.165) is 5.75 Å². The molecule has 3 N–H and O–H groups in total. The number of carbonyl (C=O) groups excluding carboxylic acids is 2. The molecule has 0 fully saturated rings. The SMILES string of the molecule is COC(=O)[C@H](CCSC)NC(=O)c1ccc(N)cc1.Cl. The number of rotatable bonds is 6. The van der Waals surface area contributed by atoms with Crippen LogP contribution in [0.4, 0.5) is 5.69 Å². The van der Waals surface area contributed by atoms with Gasteiger partial charge in [-0.1, -0.05) is 0 Å². The van der Waals surface area contributed by atoms with Crippen LogP contribution in [0.2, 0.25) is 0 Å². The van der Waals surface area contributed by atoms with Gasteiger partial charge in [0.1, 0.15) is 6.04 Å². The molecule has 0 heterocycles. The summed E-state index contributed by atoms with van der Waals surface area (Å²) < 4.78 is 4.68.